The molecule has 3 unspecified atom stereocenters. The molecule has 2 rings (SSSR count). The number of halogens is 1. The van der Waals surface area contributed by atoms with Crippen molar-refractivity contribution in [2.24, 2.45) is 0 Å². The van der Waals surface area contributed by atoms with Crippen LogP contribution in [0.4, 0.5) is 0 Å². The van der Waals surface area contributed by atoms with E-state index in [0.29, 0.717) is 11.8 Å². The minimum Gasteiger partial charge on any atom is -0.480 e. The quantitative estimate of drug-likeness (QED) is 0.907. The van der Waals surface area contributed by atoms with Crippen LogP contribution in [0.15, 0.2) is 22.7 Å². The molecule has 116 valence electrons. The maximum Gasteiger partial charge on any atom is 0.263 e. The molecule has 4 nitrogen and oxygen atoms in total. The van der Waals surface area contributed by atoms with E-state index in [-0.39, 0.29) is 11.9 Å². The van der Waals surface area contributed by atoms with Gasteiger partial charge in [0.15, 0.2) is 6.10 Å². The summed E-state index contributed by atoms with van der Waals surface area (Å²) in [5.74, 6) is 0.751. The number of amides is 1. The Morgan fingerprint density at radius 2 is 2.19 bits per heavy atom. The van der Waals surface area contributed by atoms with E-state index >= 15 is 0 Å². The SMILES string of the molecule is Cc1ccc(OC(C)C(=O)N2CCNC(C)C2C)c(Br)c1. The van der Waals surface area contributed by atoms with Gasteiger partial charge in [0, 0.05) is 25.2 Å². The summed E-state index contributed by atoms with van der Waals surface area (Å²) in [6.45, 7) is 9.57. The molecule has 0 saturated carbocycles. The molecule has 0 aromatic heterocycles. The van der Waals surface area contributed by atoms with Crippen molar-refractivity contribution in [1.82, 2.24) is 10.2 Å². The van der Waals surface area contributed by atoms with Crippen LogP contribution in [0.2, 0.25) is 0 Å². The van der Waals surface area contributed by atoms with Gasteiger partial charge < -0.3 is 15.0 Å². The lowest BCUT2D eigenvalue weighted by atomic mass is 10.1. The molecule has 1 aromatic carbocycles. The van der Waals surface area contributed by atoms with E-state index in [1.165, 1.54) is 0 Å². The third kappa shape index (κ3) is 3.77. The number of hydrogen-bond donors (Lipinski definition) is 1. The van der Waals surface area contributed by atoms with Crippen LogP contribution in [-0.2, 0) is 4.79 Å². The molecule has 1 aliphatic heterocycles. The summed E-state index contributed by atoms with van der Waals surface area (Å²) >= 11 is 3.48. The average molecular weight is 355 g/mol. The first-order valence-electron chi connectivity index (χ1n) is 7.37. The van der Waals surface area contributed by atoms with Crippen LogP contribution >= 0.6 is 15.9 Å². The Labute approximate surface area is 135 Å². The van der Waals surface area contributed by atoms with E-state index in [1.807, 2.05) is 36.9 Å². The van der Waals surface area contributed by atoms with Gasteiger partial charge in [-0.2, -0.15) is 0 Å². The van der Waals surface area contributed by atoms with Crippen molar-refractivity contribution < 1.29 is 9.53 Å². The predicted octanol–water partition coefficient (Wildman–Crippen LogP) is 2.73. The van der Waals surface area contributed by atoms with E-state index < -0.39 is 6.10 Å². The molecule has 1 saturated heterocycles. The Morgan fingerprint density at radius 1 is 1.48 bits per heavy atom. The summed E-state index contributed by atoms with van der Waals surface area (Å²) in [4.78, 5) is 14.5. The molecule has 1 fully saturated rings. The third-order valence-electron chi connectivity index (χ3n) is 4.06. The number of aryl methyl sites for hydroxylation is 1. The van der Waals surface area contributed by atoms with Gasteiger partial charge in [0.05, 0.1) is 4.47 Å². The minimum atomic E-state index is -0.489. The monoisotopic (exact) mass is 354 g/mol. The molecule has 0 aliphatic carbocycles. The summed E-state index contributed by atoms with van der Waals surface area (Å²) in [7, 11) is 0. The Bertz CT molecular complexity index is 521. The summed E-state index contributed by atoms with van der Waals surface area (Å²) in [6.07, 6.45) is -0.489. The van der Waals surface area contributed by atoms with Gasteiger partial charge in [-0.05, 0) is 61.3 Å². The van der Waals surface area contributed by atoms with Crippen molar-refractivity contribution in [2.45, 2.75) is 45.9 Å². The Hall–Kier alpha value is -1.07. The summed E-state index contributed by atoms with van der Waals surface area (Å²) in [6, 6.07) is 6.35. The number of piperazine rings is 1. The lowest BCUT2D eigenvalue weighted by molar-refractivity contribution is -0.141. The summed E-state index contributed by atoms with van der Waals surface area (Å²) in [5.41, 5.74) is 1.15. The van der Waals surface area contributed by atoms with Gasteiger partial charge >= 0.3 is 0 Å². The zero-order valence-electron chi connectivity index (χ0n) is 13.0. The second-order valence-electron chi connectivity index (χ2n) is 5.71. The molecule has 0 spiro atoms. The highest BCUT2D eigenvalue weighted by atomic mass is 79.9. The van der Waals surface area contributed by atoms with E-state index in [0.717, 1.165) is 23.1 Å². The first-order chi connectivity index (χ1) is 9.90. The van der Waals surface area contributed by atoms with Gasteiger partial charge in [0.1, 0.15) is 5.75 Å². The molecule has 0 radical (unpaired) electrons. The van der Waals surface area contributed by atoms with Crippen LogP contribution in [0, 0.1) is 6.92 Å². The number of nitrogens with one attached hydrogen (secondary N) is 1. The number of benzene rings is 1. The molecular formula is C16H23BrN2O2. The number of ether oxygens (including phenoxy) is 1. The van der Waals surface area contributed by atoms with Gasteiger partial charge in [-0.15, -0.1) is 0 Å². The van der Waals surface area contributed by atoms with E-state index in [2.05, 4.69) is 35.1 Å². The van der Waals surface area contributed by atoms with Gasteiger partial charge in [-0.3, -0.25) is 4.79 Å². The van der Waals surface area contributed by atoms with Gasteiger partial charge in [0.2, 0.25) is 0 Å². The number of rotatable bonds is 3. The van der Waals surface area contributed by atoms with Crippen LogP contribution in [0.1, 0.15) is 26.3 Å². The van der Waals surface area contributed by atoms with Gasteiger partial charge in [-0.1, -0.05) is 6.07 Å². The van der Waals surface area contributed by atoms with Crippen LogP contribution in [-0.4, -0.2) is 42.1 Å². The van der Waals surface area contributed by atoms with Crippen LogP contribution < -0.4 is 10.1 Å². The number of nitrogens with zero attached hydrogens (tertiary/aromatic N) is 1. The fraction of sp³-hybridized carbons (Fsp3) is 0.562. The van der Waals surface area contributed by atoms with Crippen molar-refractivity contribution in [3.63, 3.8) is 0 Å². The summed E-state index contributed by atoms with van der Waals surface area (Å²) < 4.78 is 6.72. The van der Waals surface area contributed by atoms with E-state index in [1.54, 1.807) is 0 Å². The second-order valence-corrected chi connectivity index (χ2v) is 6.56. The van der Waals surface area contributed by atoms with Crippen molar-refractivity contribution in [1.29, 1.82) is 0 Å². The van der Waals surface area contributed by atoms with Crippen LogP contribution in [0.25, 0.3) is 0 Å². The van der Waals surface area contributed by atoms with Crippen LogP contribution in [0.5, 0.6) is 5.75 Å². The largest absolute Gasteiger partial charge is 0.480 e. The highest BCUT2D eigenvalue weighted by Crippen LogP contribution is 2.27. The Morgan fingerprint density at radius 3 is 2.86 bits per heavy atom. The molecule has 1 amide bonds. The molecule has 5 heteroatoms. The normalized spacial score (nSPS) is 23.8. The molecule has 0 bridgehead atoms. The highest BCUT2D eigenvalue weighted by Gasteiger charge is 2.31. The Balaban J connectivity index is 2.05. The standard InChI is InChI=1S/C16H23BrN2O2/c1-10-5-6-15(14(17)9-10)21-13(4)16(20)19-8-7-18-11(2)12(19)3/h5-6,9,11-13,18H,7-8H2,1-4H3. The van der Waals surface area contributed by atoms with Crippen molar-refractivity contribution in [3.05, 3.63) is 28.2 Å². The topological polar surface area (TPSA) is 41.6 Å². The highest BCUT2D eigenvalue weighted by molar-refractivity contribution is 9.10. The first kappa shape index (κ1) is 16.3. The van der Waals surface area contributed by atoms with E-state index in [4.69, 9.17) is 4.74 Å². The molecule has 1 aliphatic rings. The smallest absolute Gasteiger partial charge is 0.263 e. The number of hydrogen-bond acceptors (Lipinski definition) is 3. The molecule has 1 N–H and O–H groups in total. The third-order valence-corrected chi connectivity index (χ3v) is 4.68. The summed E-state index contributed by atoms with van der Waals surface area (Å²) in [5, 5.41) is 3.38. The van der Waals surface area contributed by atoms with Crippen molar-refractivity contribution in [3.8, 4) is 5.75 Å². The zero-order chi connectivity index (χ0) is 15.6. The fourth-order valence-electron chi connectivity index (χ4n) is 2.54. The minimum absolute atomic E-state index is 0.0447. The fourth-order valence-corrected chi connectivity index (χ4v) is 3.13. The van der Waals surface area contributed by atoms with Gasteiger partial charge in [0.25, 0.3) is 5.91 Å². The molecule has 3 atom stereocenters. The number of carbonyl (C=O) groups excluding carboxylic acids is 1. The average Bonchev–Trinajstić information content (AvgIpc) is 2.44. The maximum absolute atomic E-state index is 12.6. The molecule has 21 heavy (non-hydrogen) atoms. The first-order valence-corrected chi connectivity index (χ1v) is 8.16. The predicted molar refractivity (Wildman–Crippen MR) is 87.6 cm³/mol. The van der Waals surface area contributed by atoms with Crippen molar-refractivity contribution in [2.75, 3.05) is 13.1 Å². The lowest BCUT2D eigenvalue weighted by Gasteiger charge is -2.39. The maximum atomic E-state index is 12.6. The van der Waals surface area contributed by atoms with Gasteiger partial charge in [-0.25, -0.2) is 0 Å². The van der Waals surface area contributed by atoms with Crippen molar-refractivity contribution >= 4 is 21.8 Å². The lowest BCUT2D eigenvalue weighted by Crippen LogP contribution is -2.59. The zero-order valence-corrected chi connectivity index (χ0v) is 14.6. The molecule has 1 heterocycles. The Kier molecular flexibility index (Phi) is 5.27. The van der Waals surface area contributed by atoms with Crippen LogP contribution in [0.3, 0.4) is 0 Å². The molecular weight excluding hydrogens is 332 g/mol. The molecule has 1 aromatic rings. The number of carbonyl (C=O) groups is 1. The van der Waals surface area contributed by atoms with E-state index in [9.17, 15) is 4.79 Å². The second kappa shape index (κ2) is 6.79.